The number of aromatic nitrogens is 1. The molecule has 1 aromatic heterocycles. The third kappa shape index (κ3) is 4.66. The molecule has 1 rings (SSSR count). The molecule has 0 aliphatic carbocycles. The summed E-state index contributed by atoms with van der Waals surface area (Å²) in [7, 11) is 0. The molecule has 0 radical (unpaired) electrons. The Morgan fingerprint density at radius 1 is 1.60 bits per heavy atom. The average molecular weight is 244 g/mol. The van der Waals surface area contributed by atoms with Crippen LogP contribution in [0.1, 0.15) is 5.69 Å². The van der Waals surface area contributed by atoms with Gasteiger partial charge in [0.1, 0.15) is 0 Å². The Balaban J connectivity index is 2.51. The molecule has 0 aliphatic rings. The Labute approximate surface area is 96.4 Å². The molecule has 1 heterocycles. The van der Waals surface area contributed by atoms with Crippen molar-refractivity contribution >= 4 is 34.5 Å². The van der Waals surface area contributed by atoms with Crippen LogP contribution >= 0.6 is 23.4 Å². The zero-order chi connectivity index (χ0) is 11.3. The summed E-state index contributed by atoms with van der Waals surface area (Å²) in [5.41, 5.74) is 11.0. The minimum Gasteiger partial charge on any atom is -0.370 e. The third-order valence-corrected chi connectivity index (χ3v) is 2.41. The standard InChI is InChI=1S/C8H10ClN5S/c9-5-1-2-13-6(3-5)4-15-8(12)14-7(10)11/h1-3H,4H2,(H5,10,11,12,14). The second-order valence-corrected chi connectivity index (χ2v) is 4.00. The van der Waals surface area contributed by atoms with Gasteiger partial charge in [0.25, 0.3) is 0 Å². The zero-order valence-electron chi connectivity index (χ0n) is 7.77. The normalized spacial score (nSPS) is 9.67. The van der Waals surface area contributed by atoms with Gasteiger partial charge in [-0.15, -0.1) is 0 Å². The van der Waals surface area contributed by atoms with Crippen molar-refractivity contribution in [2.24, 2.45) is 16.5 Å². The minimum atomic E-state index is -0.119. The van der Waals surface area contributed by atoms with Gasteiger partial charge in [-0.2, -0.15) is 4.99 Å². The van der Waals surface area contributed by atoms with Crippen LogP contribution in [0.5, 0.6) is 0 Å². The van der Waals surface area contributed by atoms with Crippen LogP contribution < -0.4 is 11.5 Å². The first-order valence-corrected chi connectivity index (χ1v) is 5.35. The topological polar surface area (TPSA) is 101 Å². The maximum absolute atomic E-state index is 7.38. The van der Waals surface area contributed by atoms with Crippen LogP contribution in [0.15, 0.2) is 23.3 Å². The van der Waals surface area contributed by atoms with E-state index < -0.39 is 0 Å². The van der Waals surface area contributed by atoms with Crippen LogP contribution in [0.25, 0.3) is 0 Å². The molecule has 80 valence electrons. The lowest BCUT2D eigenvalue weighted by atomic mass is 10.4. The van der Waals surface area contributed by atoms with Crippen LogP contribution in [0.4, 0.5) is 0 Å². The number of hydrogen-bond acceptors (Lipinski definition) is 3. The van der Waals surface area contributed by atoms with Crippen molar-refractivity contribution in [3.63, 3.8) is 0 Å². The van der Waals surface area contributed by atoms with Crippen LogP contribution in [0, 0.1) is 5.41 Å². The molecule has 0 unspecified atom stereocenters. The van der Waals surface area contributed by atoms with Crippen molar-refractivity contribution in [2.75, 3.05) is 0 Å². The van der Waals surface area contributed by atoms with E-state index in [2.05, 4.69) is 9.98 Å². The van der Waals surface area contributed by atoms with Gasteiger partial charge in [0.2, 0.25) is 0 Å². The molecule has 5 nitrogen and oxygen atoms in total. The molecule has 0 fully saturated rings. The van der Waals surface area contributed by atoms with Gasteiger partial charge in [0.15, 0.2) is 11.1 Å². The second-order valence-electron chi connectivity index (χ2n) is 2.60. The van der Waals surface area contributed by atoms with Gasteiger partial charge in [-0.3, -0.25) is 10.4 Å². The van der Waals surface area contributed by atoms with Gasteiger partial charge < -0.3 is 11.5 Å². The number of hydrogen-bond donors (Lipinski definition) is 3. The largest absolute Gasteiger partial charge is 0.370 e. The highest BCUT2D eigenvalue weighted by Gasteiger charge is 2.00. The smallest absolute Gasteiger partial charge is 0.193 e. The maximum Gasteiger partial charge on any atom is 0.193 e. The van der Waals surface area contributed by atoms with Crippen molar-refractivity contribution in [3.05, 3.63) is 29.0 Å². The van der Waals surface area contributed by atoms with Gasteiger partial charge in [-0.05, 0) is 12.1 Å². The zero-order valence-corrected chi connectivity index (χ0v) is 9.35. The summed E-state index contributed by atoms with van der Waals surface area (Å²) in [6, 6.07) is 3.43. The SMILES string of the molecule is N=C(N=C(N)N)SCc1cc(Cl)ccn1. The average Bonchev–Trinajstić information content (AvgIpc) is 2.14. The summed E-state index contributed by atoms with van der Waals surface area (Å²) >= 11 is 6.96. The monoisotopic (exact) mass is 243 g/mol. The van der Waals surface area contributed by atoms with Crippen molar-refractivity contribution in [1.82, 2.24) is 4.98 Å². The molecule has 1 aromatic rings. The molecule has 0 bridgehead atoms. The molecular weight excluding hydrogens is 234 g/mol. The number of nitrogens with zero attached hydrogens (tertiary/aromatic N) is 2. The number of aliphatic imine (C=N–C) groups is 1. The Kier molecular flexibility index (Phi) is 4.38. The van der Waals surface area contributed by atoms with E-state index in [9.17, 15) is 0 Å². The molecular formula is C8H10ClN5S. The number of nitrogens with one attached hydrogen (secondary N) is 1. The fraction of sp³-hybridized carbons (Fsp3) is 0.125. The summed E-state index contributed by atoms with van der Waals surface area (Å²) < 4.78 is 0. The summed E-state index contributed by atoms with van der Waals surface area (Å²) in [6.45, 7) is 0. The number of thioether (sulfide) groups is 1. The first kappa shape index (κ1) is 11.8. The van der Waals surface area contributed by atoms with E-state index in [1.807, 2.05) is 0 Å². The third-order valence-electron chi connectivity index (χ3n) is 1.37. The quantitative estimate of drug-likeness (QED) is 0.536. The predicted octanol–water partition coefficient (Wildman–Crippen LogP) is 1.18. The molecule has 0 amide bonds. The lowest BCUT2D eigenvalue weighted by Gasteiger charge is -1.99. The van der Waals surface area contributed by atoms with Gasteiger partial charge in [-0.1, -0.05) is 23.4 Å². The highest BCUT2D eigenvalue weighted by atomic mass is 35.5. The van der Waals surface area contributed by atoms with E-state index in [1.165, 1.54) is 11.8 Å². The molecule has 0 saturated carbocycles. The maximum atomic E-state index is 7.38. The molecule has 5 N–H and O–H groups in total. The lowest BCUT2D eigenvalue weighted by Crippen LogP contribution is -2.23. The predicted molar refractivity (Wildman–Crippen MR) is 64.1 cm³/mol. The lowest BCUT2D eigenvalue weighted by molar-refractivity contribution is 1.18. The van der Waals surface area contributed by atoms with Gasteiger partial charge in [-0.25, -0.2) is 0 Å². The Morgan fingerprint density at radius 3 is 2.93 bits per heavy atom. The van der Waals surface area contributed by atoms with E-state index in [0.717, 1.165) is 5.69 Å². The highest BCUT2D eigenvalue weighted by Crippen LogP contribution is 2.15. The van der Waals surface area contributed by atoms with E-state index >= 15 is 0 Å². The second kappa shape index (κ2) is 5.57. The Morgan fingerprint density at radius 2 is 2.33 bits per heavy atom. The van der Waals surface area contributed by atoms with Crippen molar-refractivity contribution in [2.45, 2.75) is 5.75 Å². The first-order valence-electron chi connectivity index (χ1n) is 3.99. The van der Waals surface area contributed by atoms with Crippen molar-refractivity contribution in [1.29, 1.82) is 5.41 Å². The molecule has 0 aliphatic heterocycles. The molecule has 0 spiro atoms. The molecule has 0 saturated heterocycles. The fourth-order valence-corrected chi connectivity index (χ4v) is 1.61. The number of halogens is 1. The first-order chi connectivity index (χ1) is 7.08. The van der Waals surface area contributed by atoms with Crippen LogP contribution in [0.2, 0.25) is 5.02 Å². The Hall–Kier alpha value is -1.27. The summed E-state index contributed by atoms with van der Waals surface area (Å²) in [5.74, 6) is 0.391. The Bertz CT molecular complexity index is 388. The summed E-state index contributed by atoms with van der Waals surface area (Å²) in [6.07, 6.45) is 1.61. The van der Waals surface area contributed by atoms with E-state index in [4.69, 9.17) is 28.5 Å². The molecule has 15 heavy (non-hydrogen) atoms. The number of guanidine groups is 1. The van der Waals surface area contributed by atoms with Crippen LogP contribution in [-0.2, 0) is 5.75 Å². The number of amidine groups is 1. The highest BCUT2D eigenvalue weighted by molar-refractivity contribution is 8.13. The van der Waals surface area contributed by atoms with Crippen LogP contribution in [-0.4, -0.2) is 16.1 Å². The number of pyridine rings is 1. The van der Waals surface area contributed by atoms with E-state index in [1.54, 1.807) is 18.3 Å². The van der Waals surface area contributed by atoms with Gasteiger partial charge in [0.05, 0.1) is 5.69 Å². The summed E-state index contributed by atoms with van der Waals surface area (Å²) in [5, 5.41) is 8.05. The molecule has 0 atom stereocenters. The molecule has 0 aromatic carbocycles. The van der Waals surface area contributed by atoms with Crippen LogP contribution in [0.3, 0.4) is 0 Å². The number of rotatable bonds is 2. The number of nitrogens with two attached hydrogens (primary N) is 2. The summed E-state index contributed by atoms with van der Waals surface area (Å²) in [4.78, 5) is 7.65. The van der Waals surface area contributed by atoms with E-state index in [0.29, 0.717) is 10.8 Å². The van der Waals surface area contributed by atoms with Crippen molar-refractivity contribution < 1.29 is 0 Å². The minimum absolute atomic E-state index is 0.0526. The van der Waals surface area contributed by atoms with E-state index in [-0.39, 0.29) is 11.1 Å². The van der Waals surface area contributed by atoms with Gasteiger partial charge in [0, 0.05) is 17.0 Å². The van der Waals surface area contributed by atoms with Gasteiger partial charge >= 0.3 is 0 Å². The van der Waals surface area contributed by atoms with Crippen molar-refractivity contribution in [3.8, 4) is 0 Å². The molecule has 7 heteroatoms. The fourth-order valence-electron chi connectivity index (χ4n) is 0.820.